The van der Waals surface area contributed by atoms with E-state index in [-0.39, 0.29) is 17.4 Å². The van der Waals surface area contributed by atoms with E-state index in [4.69, 9.17) is 14.2 Å². The molecule has 1 aliphatic rings. The van der Waals surface area contributed by atoms with Crippen molar-refractivity contribution in [2.45, 2.75) is 6.54 Å². The van der Waals surface area contributed by atoms with E-state index < -0.39 is 5.97 Å². The lowest BCUT2D eigenvalue weighted by Gasteiger charge is -2.17. The lowest BCUT2D eigenvalue weighted by Crippen LogP contribution is -2.17. The van der Waals surface area contributed by atoms with Crippen LogP contribution in [0.5, 0.6) is 11.5 Å². The second-order valence-electron chi connectivity index (χ2n) is 9.60. The van der Waals surface area contributed by atoms with E-state index in [2.05, 4.69) is 0 Å². The number of hydrogen-bond acceptors (Lipinski definition) is 6. The molecule has 0 bridgehead atoms. The van der Waals surface area contributed by atoms with Gasteiger partial charge in [0, 0.05) is 35.5 Å². The van der Waals surface area contributed by atoms with Gasteiger partial charge in [-0.05, 0) is 53.6 Å². The SMILES string of the molecule is COC(=O)c1c(-c2ccc(OC)cc2)c2c(c3c4cc(OC)ccc4n(C(=O)c4ccccc4)c13)C(=O)N(C)C2. The van der Waals surface area contributed by atoms with Gasteiger partial charge in [-0.3, -0.25) is 14.2 Å². The highest BCUT2D eigenvalue weighted by Gasteiger charge is 2.38. The van der Waals surface area contributed by atoms with Gasteiger partial charge in [-0.15, -0.1) is 0 Å². The Morgan fingerprint density at radius 2 is 1.50 bits per heavy atom. The maximum Gasteiger partial charge on any atom is 0.340 e. The van der Waals surface area contributed by atoms with Crippen LogP contribution in [0.3, 0.4) is 0 Å². The molecule has 0 aliphatic carbocycles. The van der Waals surface area contributed by atoms with Gasteiger partial charge in [0.05, 0.1) is 43.5 Å². The zero-order valence-corrected chi connectivity index (χ0v) is 22.5. The first-order valence-corrected chi connectivity index (χ1v) is 12.7. The summed E-state index contributed by atoms with van der Waals surface area (Å²) in [7, 11) is 6.17. The van der Waals surface area contributed by atoms with Crippen molar-refractivity contribution in [1.29, 1.82) is 0 Å². The summed E-state index contributed by atoms with van der Waals surface area (Å²) in [6.45, 7) is 0.290. The Kier molecular flexibility index (Phi) is 6.03. The van der Waals surface area contributed by atoms with Crippen LogP contribution in [0.15, 0.2) is 72.8 Å². The number of hydrogen-bond donors (Lipinski definition) is 0. The highest BCUT2D eigenvalue weighted by Crippen LogP contribution is 2.46. The number of methoxy groups -OCH3 is 3. The molecule has 0 N–H and O–H groups in total. The van der Waals surface area contributed by atoms with Gasteiger partial charge in [-0.25, -0.2) is 4.79 Å². The first-order valence-electron chi connectivity index (χ1n) is 12.7. The topological polar surface area (TPSA) is 87.1 Å². The molecule has 8 nitrogen and oxygen atoms in total. The van der Waals surface area contributed by atoms with Gasteiger partial charge in [0.15, 0.2) is 0 Å². The number of aromatic nitrogens is 1. The predicted octanol–water partition coefficient (Wildman–Crippen LogP) is 5.54. The van der Waals surface area contributed by atoms with Gasteiger partial charge < -0.3 is 19.1 Å². The summed E-state index contributed by atoms with van der Waals surface area (Å²) in [6, 6.07) is 21.4. The Morgan fingerprint density at radius 1 is 0.825 bits per heavy atom. The van der Waals surface area contributed by atoms with Crippen LogP contribution in [0.25, 0.3) is 32.9 Å². The molecule has 1 amide bonds. The highest BCUT2D eigenvalue weighted by atomic mass is 16.5. The number of carbonyl (C=O) groups is 3. The molecule has 0 radical (unpaired) electrons. The zero-order chi connectivity index (χ0) is 28.1. The second-order valence-corrected chi connectivity index (χ2v) is 9.60. The Hall–Kier alpha value is -5.11. The molecule has 0 saturated heterocycles. The summed E-state index contributed by atoms with van der Waals surface area (Å²) in [5, 5.41) is 1.14. The Bertz CT molecular complexity index is 1840. The third-order valence-electron chi connectivity index (χ3n) is 7.46. The molecule has 0 atom stereocenters. The van der Waals surface area contributed by atoms with Gasteiger partial charge in [0.2, 0.25) is 0 Å². The standard InChI is InChI=1S/C32H26N2O6/c1-33-17-23-25(18-10-12-20(38-2)13-11-18)28(32(37)40-4)29-26(27(23)31(33)36)22-16-21(39-3)14-15-24(22)34(29)30(35)19-8-6-5-7-9-19/h5-16H,17H2,1-4H3. The van der Waals surface area contributed by atoms with Crippen molar-refractivity contribution in [3.8, 4) is 22.6 Å². The summed E-state index contributed by atoms with van der Waals surface area (Å²) < 4.78 is 17.7. The van der Waals surface area contributed by atoms with Gasteiger partial charge in [-0.2, -0.15) is 0 Å². The van der Waals surface area contributed by atoms with Crippen molar-refractivity contribution in [2.75, 3.05) is 28.4 Å². The fraction of sp³-hybridized carbons (Fsp3) is 0.156. The fourth-order valence-corrected chi connectivity index (χ4v) is 5.62. The number of fused-ring (bicyclic) bond motifs is 5. The van der Waals surface area contributed by atoms with Crippen LogP contribution in [0, 0.1) is 0 Å². The lowest BCUT2D eigenvalue weighted by molar-refractivity contribution is 0.0603. The Balaban J connectivity index is 1.87. The van der Waals surface area contributed by atoms with E-state index in [0.717, 1.165) is 0 Å². The molecule has 1 aromatic heterocycles. The molecular weight excluding hydrogens is 508 g/mol. The molecule has 5 aromatic rings. The molecule has 6 rings (SSSR count). The molecule has 2 heterocycles. The molecule has 0 saturated carbocycles. The number of ether oxygens (including phenoxy) is 3. The molecular formula is C32H26N2O6. The van der Waals surface area contributed by atoms with E-state index in [9.17, 15) is 14.4 Å². The first-order chi connectivity index (χ1) is 19.4. The highest BCUT2D eigenvalue weighted by molar-refractivity contribution is 6.29. The number of carbonyl (C=O) groups excluding carboxylic acids is 3. The van der Waals surface area contributed by atoms with Crippen molar-refractivity contribution >= 4 is 39.6 Å². The van der Waals surface area contributed by atoms with E-state index in [1.54, 1.807) is 80.8 Å². The molecule has 200 valence electrons. The number of rotatable bonds is 5. The maximum absolute atomic E-state index is 14.2. The monoisotopic (exact) mass is 534 g/mol. The summed E-state index contributed by atoms with van der Waals surface area (Å²) in [4.78, 5) is 43.3. The van der Waals surface area contributed by atoms with Gasteiger partial charge in [-0.1, -0.05) is 30.3 Å². The fourth-order valence-electron chi connectivity index (χ4n) is 5.62. The smallest absolute Gasteiger partial charge is 0.340 e. The largest absolute Gasteiger partial charge is 0.497 e. The normalized spacial score (nSPS) is 12.6. The van der Waals surface area contributed by atoms with Gasteiger partial charge in [0.25, 0.3) is 11.8 Å². The average Bonchev–Trinajstić information content (AvgIpc) is 3.48. The number of amides is 1. The van der Waals surface area contributed by atoms with Crippen LogP contribution < -0.4 is 9.47 Å². The van der Waals surface area contributed by atoms with Crippen molar-refractivity contribution in [3.63, 3.8) is 0 Å². The molecule has 4 aromatic carbocycles. The summed E-state index contributed by atoms with van der Waals surface area (Å²) in [5.74, 6) is 0.0629. The van der Waals surface area contributed by atoms with Gasteiger partial charge >= 0.3 is 5.97 Å². The summed E-state index contributed by atoms with van der Waals surface area (Å²) in [6.07, 6.45) is 0. The number of benzene rings is 4. The minimum atomic E-state index is -0.613. The Morgan fingerprint density at radius 3 is 2.15 bits per heavy atom. The van der Waals surface area contributed by atoms with Crippen molar-refractivity contribution in [2.24, 2.45) is 0 Å². The number of esters is 1. The lowest BCUT2D eigenvalue weighted by atomic mass is 9.88. The molecule has 1 aliphatic heterocycles. The van der Waals surface area contributed by atoms with Crippen LogP contribution in [-0.2, 0) is 11.3 Å². The van der Waals surface area contributed by atoms with E-state index in [1.807, 2.05) is 18.2 Å². The third kappa shape index (κ3) is 3.64. The third-order valence-corrected chi connectivity index (χ3v) is 7.46. The van der Waals surface area contributed by atoms with E-state index in [0.29, 0.717) is 67.7 Å². The molecule has 40 heavy (non-hydrogen) atoms. The van der Waals surface area contributed by atoms with Gasteiger partial charge in [0.1, 0.15) is 11.5 Å². The Labute approximate surface area is 230 Å². The average molecular weight is 535 g/mol. The summed E-state index contributed by atoms with van der Waals surface area (Å²) in [5.41, 5.74) is 3.90. The van der Waals surface area contributed by atoms with Crippen LogP contribution in [0.4, 0.5) is 0 Å². The van der Waals surface area contributed by atoms with Crippen LogP contribution in [-0.4, -0.2) is 55.6 Å². The molecule has 0 spiro atoms. The molecule has 0 fully saturated rings. The molecule has 8 heteroatoms. The number of nitrogens with zero attached hydrogens (tertiary/aromatic N) is 2. The van der Waals surface area contributed by atoms with E-state index in [1.165, 1.54) is 11.7 Å². The zero-order valence-electron chi connectivity index (χ0n) is 22.5. The summed E-state index contributed by atoms with van der Waals surface area (Å²) >= 11 is 0. The second kappa shape index (κ2) is 9.57. The van der Waals surface area contributed by atoms with Crippen LogP contribution >= 0.6 is 0 Å². The van der Waals surface area contributed by atoms with Crippen molar-refractivity contribution < 1.29 is 28.6 Å². The van der Waals surface area contributed by atoms with Crippen LogP contribution in [0.2, 0.25) is 0 Å². The molecule has 0 unspecified atom stereocenters. The minimum Gasteiger partial charge on any atom is -0.497 e. The van der Waals surface area contributed by atoms with E-state index >= 15 is 0 Å². The predicted molar refractivity (Wildman–Crippen MR) is 151 cm³/mol. The maximum atomic E-state index is 14.2. The quantitative estimate of drug-likeness (QED) is 0.275. The first kappa shape index (κ1) is 25.2. The van der Waals surface area contributed by atoms with Crippen molar-refractivity contribution in [3.05, 3.63) is 95.1 Å². The van der Waals surface area contributed by atoms with Crippen molar-refractivity contribution in [1.82, 2.24) is 9.47 Å². The minimum absolute atomic E-state index is 0.194. The van der Waals surface area contributed by atoms with Crippen LogP contribution in [0.1, 0.15) is 36.6 Å².